The van der Waals surface area contributed by atoms with Crippen LogP contribution in [0.25, 0.3) is 0 Å². The van der Waals surface area contributed by atoms with Crippen molar-refractivity contribution in [2.24, 2.45) is 0 Å². The Morgan fingerprint density at radius 1 is 1.08 bits per heavy atom. The number of aryl methyl sites for hydroxylation is 1. The molecule has 2 atom stereocenters. The SMILES string of the molecule is Cc1ccc(NC(=O)[C@@H]2OCC(=O)N(C3CC3)[C@H]2c2ccccc2)cc1. The van der Waals surface area contributed by atoms with Gasteiger partial charge in [0.25, 0.3) is 5.91 Å². The average Bonchev–Trinajstić information content (AvgIpc) is 3.49. The van der Waals surface area contributed by atoms with Crippen molar-refractivity contribution >= 4 is 17.5 Å². The van der Waals surface area contributed by atoms with Crippen molar-refractivity contribution in [2.75, 3.05) is 11.9 Å². The summed E-state index contributed by atoms with van der Waals surface area (Å²) >= 11 is 0. The van der Waals surface area contributed by atoms with Gasteiger partial charge in [-0.2, -0.15) is 0 Å². The van der Waals surface area contributed by atoms with Crippen molar-refractivity contribution < 1.29 is 14.3 Å². The topological polar surface area (TPSA) is 58.6 Å². The molecule has 0 unspecified atom stereocenters. The van der Waals surface area contributed by atoms with E-state index in [1.165, 1.54) is 0 Å². The number of rotatable bonds is 4. The largest absolute Gasteiger partial charge is 0.356 e. The van der Waals surface area contributed by atoms with Crippen molar-refractivity contribution in [1.82, 2.24) is 4.90 Å². The lowest BCUT2D eigenvalue weighted by atomic mass is 9.96. The van der Waals surface area contributed by atoms with Gasteiger partial charge >= 0.3 is 0 Å². The highest BCUT2D eigenvalue weighted by Gasteiger charge is 2.47. The molecule has 2 aliphatic rings. The first-order valence-corrected chi connectivity index (χ1v) is 8.99. The Bertz CT molecular complexity index is 800. The zero-order chi connectivity index (χ0) is 18.1. The molecule has 1 aliphatic heterocycles. The number of benzene rings is 2. The van der Waals surface area contributed by atoms with Crippen LogP contribution in [0.15, 0.2) is 54.6 Å². The van der Waals surface area contributed by atoms with Gasteiger partial charge in [-0.05, 0) is 37.5 Å². The number of morpholine rings is 1. The molecular weight excluding hydrogens is 328 g/mol. The van der Waals surface area contributed by atoms with E-state index >= 15 is 0 Å². The molecule has 0 bridgehead atoms. The fourth-order valence-corrected chi connectivity index (χ4v) is 3.47. The molecule has 2 fully saturated rings. The predicted octanol–water partition coefficient (Wildman–Crippen LogP) is 3.06. The Kier molecular flexibility index (Phi) is 4.47. The second kappa shape index (κ2) is 6.92. The van der Waals surface area contributed by atoms with E-state index in [1.54, 1.807) is 0 Å². The first kappa shape index (κ1) is 16.8. The second-order valence-electron chi connectivity index (χ2n) is 6.97. The summed E-state index contributed by atoms with van der Waals surface area (Å²) in [7, 11) is 0. The Balaban J connectivity index is 1.62. The molecule has 1 saturated carbocycles. The van der Waals surface area contributed by atoms with Crippen LogP contribution in [0.3, 0.4) is 0 Å². The number of hydrogen-bond acceptors (Lipinski definition) is 3. The summed E-state index contributed by atoms with van der Waals surface area (Å²) in [6.07, 6.45) is 1.25. The monoisotopic (exact) mass is 350 g/mol. The van der Waals surface area contributed by atoms with Gasteiger partial charge in [0.05, 0.1) is 6.04 Å². The third-order valence-corrected chi connectivity index (χ3v) is 4.92. The van der Waals surface area contributed by atoms with Crippen LogP contribution in [0.4, 0.5) is 5.69 Å². The molecule has 5 heteroatoms. The minimum atomic E-state index is -0.725. The molecule has 1 aliphatic carbocycles. The molecule has 2 amide bonds. The summed E-state index contributed by atoms with van der Waals surface area (Å²) in [6, 6.07) is 17.2. The highest BCUT2D eigenvalue weighted by molar-refractivity contribution is 5.96. The molecule has 134 valence electrons. The van der Waals surface area contributed by atoms with E-state index in [4.69, 9.17) is 4.74 Å². The number of ether oxygens (including phenoxy) is 1. The molecule has 26 heavy (non-hydrogen) atoms. The molecule has 0 radical (unpaired) electrons. The van der Waals surface area contributed by atoms with Crippen molar-refractivity contribution in [3.8, 4) is 0 Å². The van der Waals surface area contributed by atoms with E-state index in [-0.39, 0.29) is 24.5 Å². The van der Waals surface area contributed by atoms with E-state index in [1.807, 2.05) is 66.4 Å². The first-order chi connectivity index (χ1) is 12.6. The van der Waals surface area contributed by atoms with E-state index in [0.29, 0.717) is 0 Å². The third kappa shape index (κ3) is 3.35. The molecule has 0 aromatic heterocycles. The molecule has 0 spiro atoms. The fraction of sp³-hybridized carbons (Fsp3) is 0.333. The van der Waals surface area contributed by atoms with Crippen LogP contribution in [0.1, 0.15) is 30.0 Å². The second-order valence-corrected chi connectivity index (χ2v) is 6.97. The van der Waals surface area contributed by atoms with Gasteiger partial charge in [0, 0.05) is 11.7 Å². The highest BCUT2D eigenvalue weighted by Crippen LogP contribution is 2.39. The number of carbonyl (C=O) groups excluding carboxylic acids is 2. The van der Waals surface area contributed by atoms with Gasteiger partial charge in [0.1, 0.15) is 6.61 Å². The van der Waals surface area contributed by atoms with Gasteiger partial charge in [0.15, 0.2) is 6.10 Å². The van der Waals surface area contributed by atoms with E-state index < -0.39 is 12.1 Å². The minimum Gasteiger partial charge on any atom is -0.356 e. The predicted molar refractivity (Wildman–Crippen MR) is 98.6 cm³/mol. The zero-order valence-electron chi connectivity index (χ0n) is 14.7. The van der Waals surface area contributed by atoms with Gasteiger partial charge in [-0.1, -0.05) is 48.0 Å². The lowest BCUT2D eigenvalue weighted by Gasteiger charge is -2.40. The normalized spacial score (nSPS) is 23.0. The summed E-state index contributed by atoms with van der Waals surface area (Å²) in [5.41, 5.74) is 2.78. The maximum absolute atomic E-state index is 13.0. The quantitative estimate of drug-likeness (QED) is 0.922. The summed E-state index contributed by atoms with van der Waals surface area (Å²) < 4.78 is 5.72. The van der Waals surface area contributed by atoms with Crippen LogP contribution >= 0.6 is 0 Å². The summed E-state index contributed by atoms with van der Waals surface area (Å²) in [5.74, 6) is -0.262. The Labute approximate surface area is 153 Å². The molecule has 5 nitrogen and oxygen atoms in total. The number of nitrogens with one attached hydrogen (secondary N) is 1. The number of amides is 2. The van der Waals surface area contributed by atoms with Crippen LogP contribution in [0, 0.1) is 6.92 Å². The Hall–Kier alpha value is -2.66. The Morgan fingerprint density at radius 3 is 2.42 bits per heavy atom. The standard InChI is InChI=1S/C21H22N2O3/c1-14-7-9-16(10-8-14)22-21(25)20-19(15-5-3-2-4-6-15)23(17-11-12-17)18(24)13-26-20/h2-10,17,19-20H,11-13H2,1H3,(H,22,25)/t19-,20+/m0/s1. The molecule has 4 rings (SSSR count). The number of hydrogen-bond donors (Lipinski definition) is 1. The lowest BCUT2D eigenvalue weighted by molar-refractivity contribution is -0.163. The third-order valence-electron chi connectivity index (χ3n) is 4.92. The smallest absolute Gasteiger partial charge is 0.256 e. The van der Waals surface area contributed by atoms with Crippen LogP contribution in [0.5, 0.6) is 0 Å². The fourth-order valence-electron chi connectivity index (χ4n) is 3.47. The van der Waals surface area contributed by atoms with Crippen molar-refractivity contribution in [2.45, 2.75) is 38.0 Å². The summed E-state index contributed by atoms with van der Waals surface area (Å²) in [5, 5.41) is 2.93. The number of anilines is 1. The average molecular weight is 350 g/mol. The molecule has 1 heterocycles. The molecule has 1 saturated heterocycles. The van der Waals surface area contributed by atoms with Crippen LogP contribution in [0.2, 0.25) is 0 Å². The van der Waals surface area contributed by atoms with Gasteiger partial charge in [-0.15, -0.1) is 0 Å². The van der Waals surface area contributed by atoms with Gasteiger partial charge in [0.2, 0.25) is 5.91 Å². The molecule has 2 aromatic carbocycles. The van der Waals surface area contributed by atoms with Crippen molar-refractivity contribution in [3.63, 3.8) is 0 Å². The summed E-state index contributed by atoms with van der Waals surface area (Å²) in [4.78, 5) is 27.3. The lowest BCUT2D eigenvalue weighted by Crippen LogP contribution is -2.53. The number of carbonyl (C=O) groups is 2. The minimum absolute atomic E-state index is 0.0410. The van der Waals surface area contributed by atoms with E-state index in [9.17, 15) is 9.59 Å². The van der Waals surface area contributed by atoms with Gasteiger partial charge in [-0.3, -0.25) is 9.59 Å². The van der Waals surface area contributed by atoms with Crippen LogP contribution in [-0.2, 0) is 14.3 Å². The van der Waals surface area contributed by atoms with Gasteiger partial charge < -0.3 is 15.0 Å². The van der Waals surface area contributed by atoms with E-state index in [2.05, 4.69) is 5.32 Å². The Morgan fingerprint density at radius 2 is 1.77 bits per heavy atom. The maximum Gasteiger partial charge on any atom is 0.256 e. The van der Waals surface area contributed by atoms with E-state index in [0.717, 1.165) is 29.7 Å². The molecule has 2 aromatic rings. The number of nitrogens with zero attached hydrogens (tertiary/aromatic N) is 1. The molecule has 1 N–H and O–H groups in total. The molecular formula is C21H22N2O3. The zero-order valence-corrected chi connectivity index (χ0v) is 14.7. The first-order valence-electron chi connectivity index (χ1n) is 8.99. The summed E-state index contributed by atoms with van der Waals surface area (Å²) in [6.45, 7) is 1.95. The van der Waals surface area contributed by atoms with Crippen molar-refractivity contribution in [3.05, 3.63) is 65.7 Å². The van der Waals surface area contributed by atoms with Crippen molar-refractivity contribution in [1.29, 1.82) is 0 Å². The maximum atomic E-state index is 13.0. The van der Waals surface area contributed by atoms with Crippen LogP contribution in [-0.4, -0.2) is 35.5 Å². The van der Waals surface area contributed by atoms with Crippen LogP contribution < -0.4 is 5.32 Å². The highest BCUT2D eigenvalue weighted by atomic mass is 16.5. The van der Waals surface area contributed by atoms with Gasteiger partial charge in [-0.25, -0.2) is 0 Å².